The zero-order valence-corrected chi connectivity index (χ0v) is 16.1. The summed E-state index contributed by atoms with van der Waals surface area (Å²) in [6.45, 7) is 7.49. The zero-order chi connectivity index (χ0) is 17.9. The second-order valence-electron chi connectivity index (χ2n) is 5.79. The summed E-state index contributed by atoms with van der Waals surface area (Å²) in [5.74, 6) is 1.15. The molecule has 0 aromatic carbocycles. The van der Waals surface area contributed by atoms with E-state index in [1.165, 1.54) is 4.31 Å². The summed E-state index contributed by atoms with van der Waals surface area (Å²) < 4.78 is 33.5. The largest absolute Gasteiger partial charge is 0.338 e. The lowest BCUT2D eigenvalue weighted by Crippen LogP contribution is -2.52. The molecule has 3 heterocycles. The topological polar surface area (TPSA) is 82.8 Å². The van der Waals surface area contributed by atoms with Crippen molar-refractivity contribution in [3.63, 3.8) is 0 Å². The number of piperazine rings is 1. The van der Waals surface area contributed by atoms with Crippen molar-refractivity contribution in [2.24, 2.45) is 0 Å². The summed E-state index contributed by atoms with van der Waals surface area (Å²) in [5, 5.41) is 7.96. The Morgan fingerprint density at radius 2 is 1.96 bits per heavy atom. The molecule has 1 aliphatic heterocycles. The van der Waals surface area contributed by atoms with Crippen molar-refractivity contribution in [1.82, 2.24) is 23.7 Å². The van der Waals surface area contributed by atoms with E-state index in [1.807, 2.05) is 30.7 Å². The predicted molar refractivity (Wildman–Crippen MR) is 96.3 cm³/mol. The molecule has 0 saturated carbocycles. The summed E-state index contributed by atoms with van der Waals surface area (Å²) in [5.41, 5.74) is 0.954. The fourth-order valence-corrected chi connectivity index (χ4v) is 5.09. The molecule has 10 heteroatoms. The highest BCUT2D eigenvalue weighted by molar-refractivity contribution is 7.86. The Morgan fingerprint density at radius 1 is 1.24 bits per heavy atom. The Hall–Kier alpha value is -1.33. The molecule has 0 unspecified atom stereocenters. The van der Waals surface area contributed by atoms with Gasteiger partial charge in [0.05, 0.1) is 6.54 Å². The van der Waals surface area contributed by atoms with Crippen molar-refractivity contribution in [3.05, 3.63) is 22.7 Å². The van der Waals surface area contributed by atoms with Gasteiger partial charge in [-0.3, -0.25) is 4.90 Å². The highest BCUT2D eigenvalue weighted by Crippen LogP contribution is 2.19. The van der Waals surface area contributed by atoms with Crippen molar-refractivity contribution in [1.29, 1.82) is 0 Å². The van der Waals surface area contributed by atoms with Gasteiger partial charge in [-0.15, -0.1) is 0 Å². The van der Waals surface area contributed by atoms with E-state index in [9.17, 15) is 8.42 Å². The van der Waals surface area contributed by atoms with Gasteiger partial charge in [0.15, 0.2) is 0 Å². The van der Waals surface area contributed by atoms with Crippen LogP contribution >= 0.6 is 11.3 Å². The third kappa shape index (κ3) is 4.09. The summed E-state index contributed by atoms with van der Waals surface area (Å²) in [6, 6.07) is 1.95. The third-order valence-electron chi connectivity index (χ3n) is 4.30. The monoisotopic (exact) mass is 385 g/mol. The molecule has 0 spiro atoms. The molecule has 0 amide bonds. The molecule has 25 heavy (non-hydrogen) atoms. The zero-order valence-electron chi connectivity index (χ0n) is 14.5. The minimum Gasteiger partial charge on any atom is -0.338 e. The van der Waals surface area contributed by atoms with Crippen LogP contribution in [0.5, 0.6) is 0 Å². The first-order valence-corrected chi connectivity index (χ1v) is 10.7. The maximum absolute atomic E-state index is 12.5. The van der Waals surface area contributed by atoms with Gasteiger partial charge in [0.25, 0.3) is 10.2 Å². The van der Waals surface area contributed by atoms with Gasteiger partial charge in [0.1, 0.15) is 0 Å². The van der Waals surface area contributed by atoms with Crippen molar-refractivity contribution in [3.8, 4) is 11.4 Å². The minimum atomic E-state index is -3.36. The summed E-state index contributed by atoms with van der Waals surface area (Å²) in [7, 11) is -3.36. The van der Waals surface area contributed by atoms with Crippen LogP contribution in [0.3, 0.4) is 0 Å². The normalized spacial score (nSPS) is 17.4. The van der Waals surface area contributed by atoms with Gasteiger partial charge >= 0.3 is 0 Å². The Balaban J connectivity index is 1.56. The van der Waals surface area contributed by atoms with Gasteiger partial charge < -0.3 is 4.52 Å². The molecule has 3 rings (SSSR count). The molecular formula is C15H23N5O3S2. The van der Waals surface area contributed by atoms with Gasteiger partial charge in [0, 0.05) is 50.2 Å². The number of thiophene rings is 1. The van der Waals surface area contributed by atoms with Crippen LogP contribution in [-0.2, 0) is 16.8 Å². The maximum Gasteiger partial charge on any atom is 0.282 e. The number of rotatable bonds is 7. The Labute approximate surface area is 152 Å². The number of hydrogen-bond donors (Lipinski definition) is 0. The van der Waals surface area contributed by atoms with E-state index in [0.29, 0.717) is 57.5 Å². The summed E-state index contributed by atoms with van der Waals surface area (Å²) in [4.78, 5) is 6.55. The first kappa shape index (κ1) is 18.5. The van der Waals surface area contributed by atoms with Crippen LogP contribution in [0.15, 0.2) is 21.3 Å². The van der Waals surface area contributed by atoms with Gasteiger partial charge in [-0.25, -0.2) is 0 Å². The average molecular weight is 386 g/mol. The van der Waals surface area contributed by atoms with Crippen LogP contribution in [0, 0.1) is 0 Å². The summed E-state index contributed by atoms with van der Waals surface area (Å²) >= 11 is 1.59. The molecule has 1 saturated heterocycles. The molecule has 138 valence electrons. The standard InChI is InChI=1S/C15H23N5O3S2/c1-3-19(4-2)25(21,22)20-8-6-18(7-9-20)11-14-16-15(17-23-14)13-5-10-24-12-13/h5,10,12H,3-4,6-9,11H2,1-2H3. The number of nitrogens with zero attached hydrogens (tertiary/aromatic N) is 5. The van der Waals surface area contributed by atoms with E-state index in [0.717, 1.165) is 5.56 Å². The lowest BCUT2D eigenvalue weighted by molar-refractivity contribution is 0.158. The average Bonchev–Trinajstić information content (AvgIpc) is 3.27. The molecule has 0 atom stereocenters. The molecular weight excluding hydrogens is 362 g/mol. The SMILES string of the molecule is CCN(CC)S(=O)(=O)N1CCN(Cc2nc(-c3ccsc3)no2)CC1. The summed E-state index contributed by atoms with van der Waals surface area (Å²) in [6.07, 6.45) is 0. The van der Waals surface area contributed by atoms with E-state index in [4.69, 9.17) is 4.52 Å². The van der Waals surface area contributed by atoms with Crippen LogP contribution < -0.4 is 0 Å². The molecule has 1 fully saturated rings. The molecule has 0 aliphatic carbocycles. The minimum absolute atomic E-state index is 0.477. The van der Waals surface area contributed by atoms with Crippen LogP contribution in [-0.4, -0.2) is 71.3 Å². The third-order valence-corrected chi connectivity index (χ3v) is 7.17. The lowest BCUT2D eigenvalue weighted by Gasteiger charge is -2.35. The quantitative estimate of drug-likeness (QED) is 0.718. The Morgan fingerprint density at radius 3 is 2.56 bits per heavy atom. The Bertz CT molecular complexity index is 763. The Kier molecular flexibility index (Phi) is 5.85. The van der Waals surface area contributed by atoms with Crippen LogP contribution in [0.2, 0.25) is 0 Å². The fraction of sp³-hybridized carbons (Fsp3) is 0.600. The van der Waals surface area contributed by atoms with E-state index < -0.39 is 10.2 Å². The highest BCUT2D eigenvalue weighted by Gasteiger charge is 2.31. The molecule has 0 bridgehead atoms. The van der Waals surface area contributed by atoms with Crippen LogP contribution in [0.4, 0.5) is 0 Å². The molecule has 0 N–H and O–H groups in total. The van der Waals surface area contributed by atoms with Gasteiger partial charge in [-0.2, -0.15) is 33.3 Å². The fourth-order valence-electron chi connectivity index (χ4n) is 2.85. The van der Waals surface area contributed by atoms with Crippen molar-refractivity contribution in [2.75, 3.05) is 39.3 Å². The van der Waals surface area contributed by atoms with E-state index in [-0.39, 0.29) is 0 Å². The van der Waals surface area contributed by atoms with E-state index in [2.05, 4.69) is 15.0 Å². The van der Waals surface area contributed by atoms with Crippen LogP contribution in [0.25, 0.3) is 11.4 Å². The van der Waals surface area contributed by atoms with Crippen molar-refractivity contribution >= 4 is 21.5 Å². The molecule has 2 aromatic rings. The molecule has 1 aliphatic rings. The van der Waals surface area contributed by atoms with Gasteiger partial charge in [0.2, 0.25) is 11.7 Å². The predicted octanol–water partition coefficient (Wildman–Crippen LogP) is 1.50. The second-order valence-corrected chi connectivity index (χ2v) is 8.50. The number of hydrogen-bond acceptors (Lipinski definition) is 7. The molecule has 2 aromatic heterocycles. The first-order valence-electron chi connectivity index (χ1n) is 8.37. The maximum atomic E-state index is 12.5. The van der Waals surface area contributed by atoms with E-state index in [1.54, 1.807) is 15.6 Å². The highest BCUT2D eigenvalue weighted by atomic mass is 32.2. The molecule has 0 radical (unpaired) electrons. The van der Waals surface area contributed by atoms with E-state index >= 15 is 0 Å². The van der Waals surface area contributed by atoms with Crippen molar-refractivity contribution in [2.45, 2.75) is 20.4 Å². The molecule has 8 nitrogen and oxygen atoms in total. The smallest absolute Gasteiger partial charge is 0.282 e. The van der Waals surface area contributed by atoms with Gasteiger partial charge in [-0.1, -0.05) is 19.0 Å². The van der Waals surface area contributed by atoms with Crippen LogP contribution in [0.1, 0.15) is 19.7 Å². The second kappa shape index (κ2) is 7.92. The van der Waals surface area contributed by atoms with Gasteiger partial charge in [-0.05, 0) is 11.4 Å². The van der Waals surface area contributed by atoms with Crippen molar-refractivity contribution < 1.29 is 12.9 Å². The number of aromatic nitrogens is 2. The lowest BCUT2D eigenvalue weighted by atomic mass is 10.3. The first-order chi connectivity index (χ1) is 12.0.